The summed E-state index contributed by atoms with van der Waals surface area (Å²) in [5, 5.41) is 12.1. The van der Waals surface area contributed by atoms with Crippen LogP contribution >= 0.6 is 0 Å². The largest absolute Gasteiger partial charge is 0.481 e. The Morgan fingerprint density at radius 2 is 1.82 bits per heavy atom. The quantitative estimate of drug-likeness (QED) is 0.554. The number of hydrogen-bond donors (Lipinski definition) is 2. The summed E-state index contributed by atoms with van der Waals surface area (Å²) in [4.78, 5) is 23.0. The lowest BCUT2D eigenvalue weighted by atomic mass is 9.93. The smallest absolute Gasteiger partial charge is 0.310 e. The maximum atomic E-state index is 11.6. The number of carboxylic acid groups (broad SMARTS) is 1. The molecule has 4 heteroatoms. The molecule has 1 aromatic rings. The minimum atomic E-state index is -0.794. The molecule has 4 nitrogen and oxygen atoms in total. The van der Waals surface area contributed by atoms with Crippen molar-refractivity contribution in [2.45, 2.75) is 52.4 Å². The highest BCUT2D eigenvalue weighted by Crippen LogP contribution is 2.24. The first-order valence-corrected chi connectivity index (χ1v) is 7.72. The van der Waals surface area contributed by atoms with Crippen LogP contribution in [0.25, 0.3) is 0 Å². The van der Waals surface area contributed by atoms with Crippen LogP contribution in [-0.2, 0) is 9.59 Å². The van der Waals surface area contributed by atoms with Crippen molar-refractivity contribution in [3.05, 3.63) is 41.5 Å². The van der Waals surface area contributed by atoms with Gasteiger partial charge in [-0.1, -0.05) is 43.9 Å². The van der Waals surface area contributed by atoms with E-state index in [1.165, 1.54) is 6.08 Å². The topological polar surface area (TPSA) is 66.4 Å². The average molecular weight is 303 g/mol. The number of anilines is 1. The molecule has 1 unspecified atom stereocenters. The minimum absolute atomic E-state index is 0.175. The molecule has 0 saturated carbocycles. The summed E-state index contributed by atoms with van der Waals surface area (Å²) >= 11 is 0. The second kappa shape index (κ2) is 9.03. The van der Waals surface area contributed by atoms with Gasteiger partial charge in [0.25, 0.3) is 0 Å². The van der Waals surface area contributed by atoms with Crippen LogP contribution in [0.1, 0.15) is 57.9 Å². The molecule has 2 N–H and O–H groups in total. The number of nitrogens with one attached hydrogen (secondary N) is 1. The second-order valence-corrected chi connectivity index (χ2v) is 5.72. The van der Waals surface area contributed by atoms with Gasteiger partial charge in [-0.3, -0.25) is 9.59 Å². The van der Waals surface area contributed by atoms with Crippen molar-refractivity contribution in [2.24, 2.45) is 0 Å². The van der Waals surface area contributed by atoms with Crippen LogP contribution in [0.15, 0.2) is 35.9 Å². The Balaban J connectivity index is 2.74. The highest BCUT2D eigenvalue weighted by Gasteiger charge is 2.19. The summed E-state index contributed by atoms with van der Waals surface area (Å²) in [7, 11) is 0. The summed E-state index contributed by atoms with van der Waals surface area (Å²) in [6, 6.07) is 7.06. The van der Waals surface area contributed by atoms with Crippen LogP contribution in [0.2, 0.25) is 0 Å². The van der Waals surface area contributed by atoms with Gasteiger partial charge in [-0.15, -0.1) is 0 Å². The van der Waals surface area contributed by atoms with Gasteiger partial charge in [-0.05, 0) is 38.0 Å². The van der Waals surface area contributed by atoms with E-state index in [1.807, 2.05) is 13.8 Å². The number of benzene rings is 1. The molecule has 0 spiro atoms. The van der Waals surface area contributed by atoms with Gasteiger partial charge in [-0.25, -0.2) is 0 Å². The first-order chi connectivity index (χ1) is 10.4. The van der Waals surface area contributed by atoms with E-state index in [1.54, 1.807) is 24.3 Å². The molecule has 0 aromatic heterocycles. The fraction of sp³-hybridized carbons (Fsp3) is 0.444. The number of unbranched alkanes of at least 4 members (excludes halogenated alkanes) is 2. The molecule has 0 aliphatic rings. The minimum Gasteiger partial charge on any atom is -0.481 e. The predicted octanol–water partition coefficient (Wildman–Crippen LogP) is 4.34. The lowest BCUT2D eigenvalue weighted by Gasteiger charge is -2.13. The zero-order chi connectivity index (χ0) is 16.5. The number of rotatable bonds is 8. The summed E-state index contributed by atoms with van der Waals surface area (Å²) in [6.45, 7) is 5.81. The van der Waals surface area contributed by atoms with Gasteiger partial charge in [0.2, 0.25) is 5.91 Å². The van der Waals surface area contributed by atoms with Crippen molar-refractivity contribution in [2.75, 3.05) is 5.32 Å². The van der Waals surface area contributed by atoms with E-state index in [9.17, 15) is 14.7 Å². The molecule has 0 aliphatic heterocycles. The van der Waals surface area contributed by atoms with Gasteiger partial charge in [0.15, 0.2) is 0 Å². The zero-order valence-electron chi connectivity index (χ0n) is 13.6. The van der Waals surface area contributed by atoms with E-state index in [4.69, 9.17) is 0 Å². The molecule has 0 aliphatic carbocycles. The molecule has 22 heavy (non-hydrogen) atoms. The normalized spacial score (nSPS) is 11.6. The molecule has 0 heterocycles. The highest BCUT2D eigenvalue weighted by molar-refractivity contribution is 5.99. The van der Waals surface area contributed by atoms with Crippen LogP contribution in [-0.4, -0.2) is 17.0 Å². The zero-order valence-corrected chi connectivity index (χ0v) is 13.6. The predicted molar refractivity (Wildman–Crippen MR) is 89.0 cm³/mol. The number of aliphatic carboxylic acids is 1. The summed E-state index contributed by atoms with van der Waals surface area (Å²) in [6.07, 6.45) is 5.19. The molecule has 0 radical (unpaired) electrons. The molecule has 120 valence electrons. The Labute approximate surface area is 132 Å². The van der Waals surface area contributed by atoms with Gasteiger partial charge >= 0.3 is 5.97 Å². The number of amides is 1. The molecule has 0 fully saturated rings. The van der Waals surface area contributed by atoms with Gasteiger partial charge in [0.05, 0.1) is 5.92 Å². The fourth-order valence-corrected chi connectivity index (χ4v) is 2.27. The number of allylic oxidation sites excluding steroid dienone is 1. The van der Waals surface area contributed by atoms with Crippen LogP contribution in [0.5, 0.6) is 0 Å². The Hall–Kier alpha value is -2.10. The molecular formula is C18H25NO3. The molecule has 1 amide bonds. The number of carboxylic acids is 1. The summed E-state index contributed by atoms with van der Waals surface area (Å²) < 4.78 is 0. The van der Waals surface area contributed by atoms with E-state index in [-0.39, 0.29) is 5.91 Å². The molecule has 0 bridgehead atoms. The van der Waals surface area contributed by atoms with E-state index in [0.29, 0.717) is 12.1 Å². The van der Waals surface area contributed by atoms with E-state index < -0.39 is 11.9 Å². The lowest BCUT2D eigenvalue weighted by molar-refractivity contribution is -0.139. The second-order valence-electron chi connectivity index (χ2n) is 5.72. The van der Waals surface area contributed by atoms with Crippen LogP contribution in [0.4, 0.5) is 5.69 Å². The first-order valence-electron chi connectivity index (χ1n) is 7.72. The fourth-order valence-electron chi connectivity index (χ4n) is 2.27. The highest BCUT2D eigenvalue weighted by atomic mass is 16.4. The van der Waals surface area contributed by atoms with Crippen LogP contribution in [0, 0.1) is 0 Å². The van der Waals surface area contributed by atoms with Gasteiger partial charge in [-0.2, -0.15) is 0 Å². The van der Waals surface area contributed by atoms with E-state index in [0.717, 1.165) is 30.4 Å². The van der Waals surface area contributed by atoms with Crippen LogP contribution in [0.3, 0.4) is 0 Å². The van der Waals surface area contributed by atoms with Gasteiger partial charge in [0, 0.05) is 11.8 Å². The third kappa shape index (κ3) is 6.12. The molecule has 1 atom stereocenters. The average Bonchev–Trinajstić information content (AvgIpc) is 2.43. The monoisotopic (exact) mass is 303 g/mol. The molecule has 0 saturated heterocycles. The van der Waals surface area contributed by atoms with Gasteiger partial charge < -0.3 is 10.4 Å². The number of hydrogen-bond acceptors (Lipinski definition) is 2. The van der Waals surface area contributed by atoms with Crippen molar-refractivity contribution in [1.29, 1.82) is 0 Å². The third-order valence-corrected chi connectivity index (χ3v) is 3.39. The standard InChI is InChI=1S/C18H25NO3/c1-4-5-6-7-16(18(21)22)14-8-10-15(11-9-14)19-17(20)12-13(2)3/h8-12,16H,4-7H2,1-3H3,(H,19,20)(H,21,22). The van der Waals surface area contributed by atoms with Gasteiger partial charge in [0.1, 0.15) is 0 Å². The maximum Gasteiger partial charge on any atom is 0.310 e. The van der Waals surface area contributed by atoms with Crippen molar-refractivity contribution in [3.8, 4) is 0 Å². The Kier molecular flexibility index (Phi) is 7.37. The molecule has 1 aromatic carbocycles. The third-order valence-electron chi connectivity index (χ3n) is 3.39. The number of carbonyl (C=O) groups excluding carboxylic acids is 1. The Bertz CT molecular complexity index is 528. The SMILES string of the molecule is CCCCCC(C(=O)O)c1ccc(NC(=O)C=C(C)C)cc1. The van der Waals surface area contributed by atoms with Crippen molar-refractivity contribution >= 4 is 17.6 Å². The van der Waals surface area contributed by atoms with Crippen molar-refractivity contribution in [1.82, 2.24) is 0 Å². The van der Waals surface area contributed by atoms with Crippen molar-refractivity contribution in [3.63, 3.8) is 0 Å². The first kappa shape index (κ1) is 18.0. The number of carbonyl (C=O) groups is 2. The molecule has 1 rings (SSSR count). The van der Waals surface area contributed by atoms with E-state index >= 15 is 0 Å². The Morgan fingerprint density at radius 3 is 2.32 bits per heavy atom. The Morgan fingerprint density at radius 1 is 1.18 bits per heavy atom. The summed E-state index contributed by atoms with van der Waals surface area (Å²) in [5.41, 5.74) is 2.38. The van der Waals surface area contributed by atoms with Crippen molar-refractivity contribution < 1.29 is 14.7 Å². The maximum absolute atomic E-state index is 11.6. The lowest BCUT2D eigenvalue weighted by Crippen LogP contribution is -2.12. The summed E-state index contributed by atoms with van der Waals surface area (Å²) in [5.74, 6) is -1.45. The van der Waals surface area contributed by atoms with Crippen LogP contribution < -0.4 is 5.32 Å². The molecular weight excluding hydrogens is 278 g/mol. The van der Waals surface area contributed by atoms with E-state index in [2.05, 4.69) is 12.2 Å².